The van der Waals surface area contributed by atoms with Crippen molar-refractivity contribution in [3.8, 4) is 0 Å². The van der Waals surface area contributed by atoms with Crippen LogP contribution in [-0.4, -0.2) is 16.2 Å². The van der Waals surface area contributed by atoms with Crippen molar-refractivity contribution in [3.05, 3.63) is 29.8 Å². The van der Waals surface area contributed by atoms with E-state index in [0.717, 1.165) is 0 Å². The molecule has 1 aromatic carbocycles. The molecule has 0 amide bonds. The molecule has 0 saturated heterocycles. The van der Waals surface area contributed by atoms with Gasteiger partial charge < -0.3 is 15.9 Å². The molecule has 0 fully saturated rings. The number of nitrogens with two attached hydrogens (primary N) is 1. The van der Waals surface area contributed by atoms with E-state index >= 15 is 0 Å². The minimum absolute atomic E-state index is 0.278. The third kappa shape index (κ3) is 1.78. The standard InChI is InChI=1S/C9H11NO3/c1-9(13,8(11)12)6-3-2-4-7(10)5-6/h2-5,13H,10H2,1H3,(H,11,12). The van der Waals surface area contributed by atoms with Crippen molar-refractivity contribution in [3.63, 3.8) is 0 Å². The molecule has 13 heavy (non-hydrogen) atoms. The lowest BCUT2D eigenvalue weighted by atomic mass is 9.96. The van der Waals surface area contributed by atoms with Crippen LogP contribution >= 0.6 is 0 Å². The molecule has 4 nitrogen and oxygen atoms in total. The van der Waals surface area contributed by atoms with Crippen LogP contribution < -0.4 is 5.73 Å². The first-order chi connectivity index (χ1) is 5.94. The van der Waals surface area contributed by atoms with Gasteiger partial charge in [-0.15, -0.1) is 0 Å². The van der Waals surface area contributed by atoms with Crippen LogP contribution in [0.1, 0.15) is 12.5 Å². The fraction of sp³-hybridized carbons (Fsp3) is 0.222. The minimum atomic E-state index is -1.88. The molecule has 0 spiro atoms. The summed E-state index contributed by atoms with van der Waals surface area (Å²) in [7, 11) is 0. The van der Waals surface area contributed by atoms with E-state index < -0.39 is 11.6 Å². The van der Waals surface area contributed by atoms with Crippen LogP contribution in [-0.2, 0) is 10.4 Å². The molecule has 0 aromatic heterocycles. The van der Waals surface area contributed by atoms with Gasteiger partial charge in [0.05, 0.1) is 0 Å². The van der Waals surface area contributed by atoms with Crippen molar-refractivity contribution >= 4 is 11.7 Å². The van der Waals surface area contributed by atoms with E-state index in [1.54, 1.807) is 12.1 Å². The molecule has 0 radical (unpaired) electrons. The first-order valence-electron chi connectivity index (χ1n) is 3.76. The summed E-state index contributed by atoms with van der Waals surface area (Å²) in [5, 5.41) is 18.2. The van der Waals surface area contributed by atoms with Gasteiger partial charge in [0.1, 0.15) is 0 Å². The Morgan fingerprint density at radius 3 is 2.62 bits per heavy atom. The van der Waals surface area contributed by atoms with Gasteiger partial charge in [-0.2, -0.15) is 0 Å². The van der Waals surface area contributed by atoms with E-state index in [1.165, 1.54) is 19.1 Å². The number of benzene rings is 1. The smallest absolute Gasteiger partial charge is 0.340 e. The van der Waals surface area contributed by atoms with Gasteiger partial charge in [-0.05, 0) is 24.6 Å². The molecule has 0 aliphatic carbocycles. The van der Waals surface area contributed by atoms with E-state index in [1.807, 2.05) is 0 Å². The van der Waals surface area contributed by atoms with Crippen molar-refractivity contribution in [1.82, 2.24) is 0 Å². The molecule has 0 saturated carbocycles. The molecule has 1 atom stereocenters. The predicted octanol–water partition coefficient (Wildman–Crippen LogP) is 0.561. The largest absolute Gasteiger partial charge is 0.479 e. The van der Waals surface area contributed by atoms with Gasteiger partial charge in [-0.1, -0.05) is 12.1 Å². The lowest BCUT2D eigenvalue weighted by Crippen LogP contribution is -2.31. The number of aliphatic hydroxyl groups is 1. The number of carboxylic acids is 1. The second-order valence-electron chi connectivity index (χ2n) is 3.00. The topological polar surface area (TPSA) is 83.5 Å². The second kappa shape index (κ2) is 3.06. The number of anilines is 1. The van der Waals surface area contributed by atoms with Crippen molar-refractivity contribution in [2.75, 3.05) is 5.73 Å². The van der Waals surface area contributed by atoms with Gasteiger partial charge in [0.25, 0.3) is 0 Å². The molecule has 70 valence electrons. The maximum absolute atomic E-state index is 10.6. The highest BCUT2D eigenvalue weighted by molar-refractivity contribution is 5.78. The molecule has 0 aliphatic rings. The Kier molecular flexibility index (Phi) is 2.25. The van der Waals surface area contributed by atoms with Gasteiger partial charge >= 0.3 is 5.97 Å². The Labute approximate surface area is 75.6 Å². The maximum Gasteiger partial charge on any atom is 0.340 e. The van der Waals surface area contributed by atoms with E-state index in [9.17, 15) is 9.90 Å². The summed E-state index contributed by atoms with van der Waals surface area (Å²) in [6.45, 7) is 1.21. The normalized spacial score (nSPS) is 14.9. The lowest BCUT2D eigenvalue weighted by Gasteiger charge is -2.18. The SMILES string of the molecule is CC(O)(C(=O)O)c1cccc(N)c1. The Balaban J connectivity index is 3.14. The zero-order valence-electron chi connectivity index (χ0n) is 7.19. The summed E-state index contributed by atoms with van der Waals surface area (Å²) in [4.78, 5) is 10.6. The van der Waals surface area contributed by atoms with Crippen LogP contribution in [0.15, 0.2) is 24.3 Å². The lowest BCUT2D eigenvalue weighted by molar-refractivity contribution is -0.157. The summed E-state index contributed by atoms with van der Waals surface area (Å²) in [6, 6.07) is 6.18. The van der Waals surface area contributed by atoms with Crippen LogP contribution in [0.2, 0.25) is 0 Å². The number of aliphatic carboxylic acids is 1. The van der Waals surface area contributed by atoms with E-state index in [2.05, 4.69) is 0 Å². The minimum Gasteiger partial charge on any atom is -0.479 e. The van der Waals surface area contributed by atoms with E-state index in [-0.39, 0.29) is 5.56 Å². The Hall–Kier alpha value is -1.55. The maximum atomic E-state index is 10.6. The van der Waals surface area contributed by atoms with Gasteiger partial charge in [-0.25, -0.2) is 4.79 Å². The molecule has 1 rings (SSSR count). The van der Waals surface area contributed by atoms with E-state index in [0.29, 0.717) is 5.69 Å². The van der Waals surface area contributed by atoms with Crippen LogP contribution in [0.5, 0.6) is 0 Å². The quantitative estimate of drug-likeness (QED) is 0.582. The van der Waals surface area contributed by atoms with E-state index in [4.69, 9.17) is 10.8 Å². The van der Waals surface area contributed by atoms with Crippen LogP contribution in [0.25, 0.3) is 0 Å². The highest BCUT2D eigenvalue weighted by Gasteiger charge is 2.31. The van der Waals surface area contributed by atoms with Crippen molar-refractivity contribution < 1.29 is 15.0 Å². The first kappa shape index (κ1) is 9.54. The molecule has 4 N–H and O–H groups in total. The summed E-state index contributed by atoms with van der Waals surface area (Å²) in [5.74, 6) is -1.29. The molecule has 0 heterocycles. The Bertz CT molecular complexity index is 333. The number of nitrogen functional groups attached to an aromatic ring is 1. The molecule has 1 aromatic rings. The zero-order valence-corrected chi connectivity index (χ0v) is 7.19. The second-order valence-corrected chi connectivity index (χ2v) is 3.00. The average molecular weight is 181 g/mol. The number of carbonyl (C=O) groups is 1. The molecule has 0 bridgehead atoms. The highest BCUT2D eigenvalue weighted by Crippen LogP contribution is 2.22. The van der Waals surface area contributed by atoms with Gasteiger partial charge in [0, 0.05) is 5.69 Å². The summed E-state index contributed by atoms with van der Waals surface area (Å²) in [6.07, 6.45) is 0. The third-order valence-electron chi connectivity index (χ3n) is 1.87. The van der Waals surface area contributed by atoms with Crippen LogP contribution in [0, 0.1) is 0 Å². The van der Waals surface area contributed by atoms with Crippen molar-refractivity contribution in [1.29, 1.82) is 0 Å². The third-order valence-corrected chi connectivity index (χ3v) is 1.87. The average Bonchev–Trinajstić information content (AvgIpc) is 2.04. The van der Waals surface area contributed by atoms with Gasteiger partial charge in [0.15, 0.2) is 5.60 Å². The van der Waals surface area contributed by atoms with Crippen LogP contribution in [0.4, 0.5) is 5.69 Å². The summed E-state index contributed by atoms with van der Waals surface area (Å²) in [5.41, 5.74) is 4.28. The zero-order chi connectivity index (χ0) is 10.1. The monoisotopic (exact) mass is 181 g/mol. The first-order valence-corrected chi connectivity index (χ1v) is 3.76. The fourth-order valence-corrected chi connectivity index (χ4v) is 0.965. The number of hydrogen-bond donors (Lipinski definition) is 3. The van der Waals surface area contributed by atoms with Crippen molar-refractivity contribution in [2.45, 2.75) is 12.5 Å². The van der Waals surface area contributed by atoms with Gasteiger partial charge in [0.2, 0.25) is 0 Å². The summed E-state index contributed by atoms with van der Waals surface area (Å²) < 4.78 is 0. The number of carboxylic acid groups (broad SMARTS) is 1. The van der Waals surface area contributed by atoms with Crippen LogP contribution in [0.3, 0.4) is 0 Å². The molecule has 0 aliphatic heterocycles. The predicted molar refractivity (Wildman–Crippen MR) is 48.1 cm³/mol. The fourth-order valence-electron chi connectivity index (χ4n) is 0.965. The van der Waals surface area contributed by atoms with Crippen molar-refractivity contribution in [2.24, 2.45) is 0 Å². The highest BCUT2D eigenvalue weighted by atomic mass is 16.4. The number of rotatable bonds is 2. The molecular formula is C9H11NO3. The molecular weight excluding hydrogens is 170 g/mol. The number of hydrogen-bond acceptors (Lipinski definition) is 3. The molecule has 4 heteroatoms. The Morgan fingerprint density at radius 2 is 2.15 bits per heavy atom. The molecule has 1 unspecified atom stereocenters. The van der Waals surface area contributed by atoms with Gasteiger partial charge in [-0.3, -0.25) is 0 Å². The Morgan fingerprint density at radius 1 is 1.54 bits per heavy atom. The summed E-state index contributed by atoms with van der Waals surface area (Å²) >= 11 is 0.